The fourth-order valence-electron chi connectivity index (χ4n) is 1.21. The molecule has 0 unspecified atom stereocenters. The van der Waals surface area contributed by atoms with Crippen LogP contribution in [0.1, 0.15) is 13.3 Å². The summed E-state index contributed by atoms with van der Waals surface area (Å²) in [5.74, 6) is -0.878. The number of hydrogen-bond donors (Lipinski definition) is 4. The zero-order chi connectivity index (χ0) is 12.3. The van der Waals surface area contributed by atoms with Gasteiger partial charge in [-0.1, -0.05) is 11.8 Å². The van der Waals surface area contributed by atoms with Gasteiger partial charge in [0.25, 0.3) is 0 Å². The van der Waals surface area contributed by atoms with Crippen LogP contribution in [-0.4, -0.2) is 28.8 Å². The van der Waals surface area contributed by atoms with E-state index in [1.165, 1.54) is 6.92 Å². The van der Waals surface area contributed by atoms with Crippen LogP contribution in [0.5, 0.6) is 0 Å². The number of carbonyl (C=O) groups is 3. The van der Waals surface area contributed by atoms with Crippen molar-refractivity contribution in [1.82, 2.24) is 10.6 Å². The van der Waals surface area contributed by atoms with Crippen molar-refractivity contribution in [1.29, 1.82) is 5.41 Å². The van der Waals surface area contributed by atoms with Crippen molar-refractivity contribution in [3.8, 4) is 0 Å². The minimum Gasteiger partial charge on any atom is -0.379 e. The molecule has 8 heteroatoms. The Morgan fingerprint density at radius 3 is 2.31 bits per heavy atom. The molecule has 0 aromatic rings. The number of carbonyl (C=O) groups excluding carboxylic acids is 3. The molecule has 4 amide bonds. The fourth-order valence-corrected chi connectivity index (χ4v) is 1.94. The Balaban J connectivity index is 2.66. The van der Waals surface area contributed by atoms with E-state index in [9.17, 15) is 14.4 Å². The van der Waals surface area contributed by atoms with E-state index in [1.807, 2.05) is 10.6 Å². The highest BCUT2D eigenvalue weighted by Gasteiger charge is 2.45. The van der Waals surface area contributed by atoms with Gasteiger partial charge in [-0.05, 0) is 13.3 Å². The van der Waals surface area contributed by atoms with Crippen LogP contribution < -0.4 is 16.4 Å². The lowest BCUT2D eigenvalue weighted by atomic mass is 9.84. The minimum absolute atomic E-state index is 0.0729. The van der Waals surface area contributed by atoms with E-state index in [-0.39, 0.29) is 11.6 Å². The van der Waals surface area contributed by atoms with Crippen molar-refractivity contribution >= 4 is 34.8 Å². The average Bonchev–Trinajstić information content (AvgIpc) is 2.14. The summed E-state index contributed by atoms with van der Waals surface area (Å²) in [6.45, 7) is 1.45. The molecule has 5 N–H and O–H groups in total. The Kier molecular flexibility index (Phi) is 3.53. The molecule has 1 fully saturated rings. The molecule has 0 radical (unpaired) electrons. The summed E-state index contributed by atoms with van der Waals surface area (Å²) in [7, 11) is 0. The van der Waals surface area contributed by atoms with Gasteiger partial charge in [-0.25, -0.2) is 4.79 Å². The van der Waals surface area contributed by atoms with E-state index in [0.29, 0.717) is 5.75 Å². The van der Waals surface area contributed by atoms with Crippen molar-refractivity contribution < 1.29 is 14.4 Å². The van der Waals surface area contributed by atoms with Crippen molar-refractivity contribution in [3.05, 3.63) is 0 Å². The normalized spacial score (nSPS) is 18.9. The van der Waals surface area contributed by atoms with Gasteiger partial charge in [-0.3, -0.25) is 25.6 Å². The second-order valence-electron chi connectivity index (χ2n) is 3.53. The third kappa shape index (κ3) is 2.51. The summed E-state index contributed by atoms with van der Waals surface area (Å²) in [4.78, 5) is 33.9. The van der Waals surface area contributed by atoms with Crippen molar-refractivity contribution in [2.75, 3.05) is 5.75 Å². The topological polar surface area (TPSA) is 125 Å². The molecule has 1 rings (SSSR count). The van der Waals surface area contributed by atoms with Crippen LogP contribution in [0.2, 0.25) is 0 Å². The maximum Gasteiger partial charge on any atom is 0.328 e. The number of rotatable bonds is 3. The molecule has 0 aromatic carbocycles. The number of imide groups is 2. The van der Waals surface area contributed by atoms with Crippen LogP contribution in [-0.2, 0) is 9.59 Å². The number of amidine groups is 1. The standard InChI is InChI=1S/C8H12N4O3S/c1-8(2-3-16-6(9)10)4(13)11-7(15)12-5(8)14/h2-3H2,1H3,(H3,9,10)(H2,11,12,13,14,15). The van der Waals surface area contributed by atoms with Gasteiger partial charge >= 0.3 is 6.03 Å². The molecular formula is C8H12N4O3S. The van der Waals surface area contributed by atoms with E-state index >= 15 is 0 Å². The third-order valence-corrected chi connectivity index (χ3v) is 3.04. The number of nitrogens with one attached hydrogen (secondary N) is 3. The number of amides is 4. The first-order chi connectivity index (χ1) is 7.36. The molecule has 0 bridgehead atoms. The zero-order valence-electron chi connectivity index (χ0n) is 8.62. The van der Waals surface area contributed by atoms with Gasteiger partial charge in [0.05, 0.1) is 0 Å². The molecule has 1 aliphatic rings. The monoisotopic (exact) mass is 244 g/mol. The summed E-state index contributed by atoms with van der Waals surface area (Å²) < 4.78 is 0. The largest absolute Gasteiger partial charge is 0.379 e. The van der Waals surface area contributed by atoms with Gasteiger partial charge in [0.2, 0.25) is 11.8 Å². The van der Waals surface area contributed by atoms with E-state index in [2.05, 4.69) is 0 Å². The van der Waals surface area contributed by atoms with Gasteiger partial charge in [0.15, 0.2) is 5.17 Å². The third-order valence-electron chi connectivity index (χ3n) is 2.32. The first-order valence-electron chi connectivity index (χ1n) is 4.50. The Morgan fingerprint density at radius 1 is 1.38 bits per heavy atom. The van der Waals surface area contributed by atoms with Gasteiger partial charge in [-0.2, -0.15) is 0 Å². The highest BCUT2D eigenvalue weighted by Crippen LogP contribution is 2.26. The smallest absolute Gasteiger partial charge is 0.328 e. The zero-order valence-corrected chi connectivity index (χ0v) is 9.44. The van der Waals surface area contributed by atoms with Crippen molar-refractivity contribution in [2.24, 2.45) is 11.1 Å². The number of nitrogens with two attached hydrogens (primary N) is 1. The maximum absolute atomic E-state index is 11.5. The number of hydrogen-bond acceptors (Lipinski definition) is 5. The lowest BCUT2D eigenvalue weighted by Crippen LogP contribution is -2.61. The summed E-state index contributed by atoms with van der Waals surface area (Å²) in [5.41, 5.74) is 3.85. The first kappa shape index (κ1) is 12.5. The maximum atomic E-state index is 11.5. The SMILES string of the molecule is CC1(CCSC(=N)N)C(=O)NC(=O)NC1=O. The molecule has 16 heavy (non-hydrogen) atoms. The molecule has 1 heterocycles. The van der Waals surface area contributed by atoms with Crippen LogP contribution >= 0.6 is 11.8 Å². The van der Waals surface area contributed by atoms with Gasteiger partial charge in [0.1, 0.15) is 5.41 Å². The van der Waals surface area contributed by atoms with Gasteiger partial charge in [0, 0.05) is 5.75 Å². The molecule has 88 valence electrons. The Morgan fingerprint density at radius 2 is 1.88 bits per heavy atom. The lowest BCUT2D eigenvalue weighted by molar-refractivity contribution is -0.143. The molecule has 0 aliphatic carbocycles. The van der Waals surface area contributed by atoms with E-state index in [1.54, 1.807) is 0 Å². The second-order valence-corrected chi connectivity index (χ2v) is 4.67. The van der Waals surface area contributed by atoms with Gasteiger partial charge < -0.3 is 5.73 Å². The van der Waals surface area contributed by atoms with Crippen LogP contribution in [0.4, 0.5) is 4.79 Å². The van der Waals surface area contributed by atoms with Gasteiger partial charge in [-0.15, -0.1) is 0 Å². The summed E-state index contributed by atoms with van der Waals surface area (Å²) >= 11 is 1.04. The summed E-state index contributed by atoms with van der Waals surface area (Å²) in [6, 6.07) is -0.799. The molecular weight excluding hydrogens is 232 g/mol. The Bertz CT molecular complexity index is 348. The lowest BCUT2D eigenvalue weighted by Gasteiger charge is -2.30. The van der Waals surface area contributed by atoms with Crippen LogP contribution in [0, 0.1) is 10.8 Å². The minimum atomic E-state index is -1.28. The van der Waals surface area contributed by atoms with Crippen LogP contribution in [0.3, 0.4) is 0 Å². The van der Waals surface area contributed by atoms with Crippen LogP contribution in [0.15, 0.2) is 0 Å². The number of barbiturate groups is 1. The van der Waals surface area contributed by atoms with E-state index in [0.717, 1.165) is 11.8 Å². The Hall–Kier alpha value is -1.57. The predicted molar refractivity (Wildman–Crippen MR) is 58.8 cm³/mol. The number of urea groups is 1. The quantitative estimate of drug-likeness (QED) is 0.299. The summed E-state index contributed by atoms with van der Waals surface area (Å²) in [5, 5.41) is 11.0. The van der Waals surface area contributed by atoms with E-state index in [4.69, 9.17) is 11.1 Å². The van der Waals surface area contributed by atoms with Crippen LogP contribution in [0.25, 0.3) is 0 Å². The summed E-state index contributed by atoms with van der Waals surface area (Å²) in [6.07, 6.45) is 0.211. The molecule has 0 atom stereocenters. The molecule has 0 aromatic heterocycles. The van der Waals surface area contributed by atoms with E-state index < -0.39 is 23.3 Å². The molecule has 7 nitrogen and oxygen atoms in total. The van der Waals surface area contributed by atoms with Crippen molar-refractivity contribution in [2.45, 2.75) is 13.3 Å². The number of thioether (sulfide) groups is 1. The second kappa shape index (κ2) is 4.52. The predicted octanol–water partition coefficient (Wildman–Crippen LogP) is -0.625. The molecule has 1 saturated heterocycles. The molecule has 0 saturated carbocycles. The average molecular weight is 244 g/mol. The highest BCUT2D eigenvalue weighted by atomic mass is 32.2. The molecule has 0 spiro atoms. The highest BCUT2D eigenvalue weighted by molar-refractivity contribution is 8.13. The van der Waals surface area contributed by atoms with Crippen molar-refractivity contribution in [3.63, 3.8) is 0 Å². The fraction of sp³-hybridized carbons (Fsp3) is 0.500. The first-order valence-corrected chi connectivity index (χ1v) is 5.48. The Labute approximate surface area is 96.0 Å². The molecule has 1 aliphatic heterocycles.